The molecule has 7 nitrogen and oxygen atoms in total. The molecule has 0 aliphatic carbocycles. The summed E-state index contributed by atoms with van der Waals surface area (Å²) in [5, 5.41) is 8.96. The topological polar surface area (TPSA) is 108 Å². The molecule has 0 radical (unpaired) electrons. The maximum Gasteiger partial charge on any atom is 0.429 e. The van der Waals surface area contributed by atoms with Gasteiger partial charge in [0.15, 0.2) is 0 Å². The average molecular weight is 504 g/mol. The van der Waals surface area contributed by atoms with Gasteiger partial charge in [0.2, 0.25) is 12.0 Å². The van der Waals surface area contributed by atoms with Crippen molar-refractivity contribution in [2.45, 2.75) is 45.0 Å². The highest BCUT2D eigenvalue weighted by Crippen LogP contribution is 2.40. The van der Waals surface area contributed by atoms with E-state index in [2.05, 4.69) is 9.97 Å². The number of nitrogens with zero attached hydrogens (tertiary/aromatic N) is 2. The van der Waals surface area contributed by atoms with E-state index in [1.165, 1.54) is 24.3 Å². The first-order valence-electron chi connectivity index (χ1n) is 11.4. The van der Waals surface area contributed by atoms with Crippen molar-refractivity contribution in [3.8, 4) is 22.9 Å². The Balaban J connectivity index is 1.83. The van der Waals surface area contributed by atoms with E-state index in [1.54, 1.807) is 30.3 Å². The number of carbonyl (C=O) groups is 1. The normalized spacial score (nSPS) is 13.3. The van der Waals surface area contributed by atoms with Crippen LogP contribution in [0.3, 0.4) is 0 Å². The highest BCUT2D eigenvalue weighted by molar-refractivity contribution is 5.73. The summed E-state index contributed by atoms with van der Waals surface area (Å²) in [7, 11) is 0. The molecular formula is C26H28F3N3O4. The number of aromatic nitrogens is 2. The van der Waals surface area contributed by atoms with Gasteiger partial charge < -0.3 is 20.3 Å². The standard InChI is InChI=1S/C26H28F3N3O4/c1-16(2)11-12-35-22-6-4-3-5-19(22)24(26(27,28)29)36-23-14-21(31-15-32-23)18-9-7-17(8-10-18)13-20(30)25(33)34/h3-10,14-16,20,24H,11-13,30H2,1-2H3,(H,33,34)/t20-,24?/m0/s1. The van der Waals surface area contributed by atoms with Crippen LogP contribution < -0.4 is 15.2 Å². The lowest BCUT2D eigenvalue weighted by Crippen LogP contribution is -2.32. The molecular weight excluding hydrogens is 475 g/mol. The Kier molecular flexibility index (Phi) is 8.87. The summed E-state index contributed by atoms with van der Waals surface area (Å²) in [5.41, 5.74) is 7.05. The minimum Gasteiger partial charge on any atom is -0.493 e. The molecule has 1 heterocycles. The van der Waals surface area contributed by atoms with Crippen molar-refractivity contribution in [3.63, 3.8) is 0 Å². The van der Waals surface area contributed by atoms with E-state index in [1.807, 2.05) is 13.8 Å². The quantitative estimate of drug-likeness (QED) is 0.370. The third-order valence-electron chi connectivity index (χ3n) is 5.35. The summed E-state index contributed by atoms with van der Waals surface area (Å²) >= 11 is 0. The van der Waals surface area contributed by atoms with E-state index >= 15 is 0 Å². The van der Waals surface area contributed by atoms with Crippen molar-refractivity contribution in [1.29, 1.82) is 0 Å². The maximum absolute atomic E-state index is 14.1. The van der Waals surface area contributed by atoms with Gasteiger partial charge in [-0.3, -0.25) is 4.79 Å². The van der Waals surface area contributed by atoms with Crippen LogP contribution in [0.2, 0.25) is 0 Å². The van der Waals surface area contributed by atoms with Gasteiger partial charge in [0.05, 0.1) is 12.3 Å². The van der Waals surface area contributed by atoms with Crippen LogP contribution in [0.15, 0.2) is 60.9 Å². The van der Waals surface area contributed by atoms with Gasteiger partial charge in [-0.25, -0.2) is 9.97 Å². The van der Waals surface area contributed by atoms with Crippen LogP contribution >= 0.6 is 0 Å². The molecule has 36 heavy (non-hydrogen) atoms. The summed E-state index contributed by atoms with van der Waals surface area (Å²) < 4.78 is 53.2. The van der Waals surface area contributed by atoms with Crippen molar-refractivity contribution < 1.29 is 32.5 Å². The molecule has 0 aliphatic heterocycles. The van der Waals surface area contributed by atoms with E-state index in [9.17, 15) is 18.0 Å². The van der Waals surface area contributed by atoms with Crippen LogP contribution in [0, 0.1) is 5.92 Å². The second kappa shape index (κ2) is 11.9. The second-order valence-corrected chi connectivity index (χ2v) is 8.70. The first-order chi connectivity index (χ1) is 17.0. The Morgan fingerprint density at radius 2 is 1.78 bits per heavy atom. The van der Waals surface area contributed by atoms with Gasteiger partial charge in [0.1, 0.15) is 18.1 Å². The molecule has 0 amide bonds. The lowest BCUT2D eigenvalue weighted by atomic mass is 10.0. The minimum atomic E-state index is -4.73. The van der Waals surface area contributed by atoms with E-state index < -0.39 is 24.3 Å². The van der Waals surface area contributed by atoms with Gasteiger partial charge in [-0.2, -0.15) is 13.2 Å². The lowest BCUT2D eigenvalue weighted by Gasteiger charge is -2.24. The number of hydrogen-bond acceptors (Lipinski definition) is 6. The highest BCUT2D eigenvalue weighted by Gasteiger charge is 2.45. The van der Waals surface area contributed by atoms with E-state index in [4.69, 9.17) is 20.3 Å². The third-order valence-corrected chi connectivity index (χ3v) is 5.35. The average Bonchev–Trinajstić information content (AvgIpc) is 2.83. The molecule has 3 rings (SSSR count). The summed E-state index contributed by atoms with van der Waals surface area (Å²) in [6.07, 6.45) is -5.07. The van der Waals surface area contributed by atoms with E-state index in [0.717, 1.165) is 6.33 Å². The number of rotatable bonds is 11. The van der Waals surface area contributed by atoms with Crippen LogP contribution in [0.25, 0.3) is 11.3 Å². The molecule has 0 saturated carbocycles. The molecule has 10 heteroatoms. The Morgan fingerprint density at radius 3 is 2.42 bits per heavy atom. The molecule has 0 aliphatic rings. The first kappa shape index (κ1) is 26.9. The molecule has 192 valence electrons. The van der Waals surface area contributed by atoms with Crippen molar-refractivity contribution in [1.82, 2.24) is 9.97 Å². The second-order valence-electron chi connectivity index (χ2n) is 8.70. The molecule has 0 fully saturated rings. The largest absolute Gasteiger partial charge is 0.493 e. The summed E-state index contributed by atoms with van der Waals surface area (Å²) in [4.78, 5) is 19.0. The van der Waals surface area contributed by atoms with Gasteiger partial charge in [0, 0.05) is 17.2 Å². The predicted molar refractivity (Wildman–Crippen MR) is 128 cm³/mol. The van der Waals surface area contributed by atoms with Gasteiger partial charge in [-0.05, 0) is 30.4 Å². The van der Waals surface area contributed by atoms with Crippen LogP contribution in [-0.4, -0.2) is 39.9 Å². The van der Waals surface area contributed by atoms with Crippen LogP contribution in [0.1, 0.15) is 37.5 Å². The molecule has 1 unspecified atom stereocenters. The Hall–Kier alpha value is -3.66. The third kappa shape index (κ3) is 7.42. The molecule has 2 aromatic carbocycles. The number of carboxylic acid groups (broad SMARTS) is 1. The van der Waals surface area contributed by atoms with Crippen molar-refractivity contribution in [2.75, 3.05) is 6.61 Å². The molecule has 0 saturated heterocycles. The Bertz CT molecular complexity index is 1150. The van der Waals surface area contributed by atoms with Crippen LogP contribution in [0.4, 0.5) is 13.2 Å². The summed E-state index contributed by atoms with van der Waals surface area (Å²) in [6.45, 7) is 4.29. The number of halogens is 3. The lowest BCUT2D eigenvalue weighted by molar-refractivity contribution is -0.199. The Morgan fingerprint density at radius 1 is 1.08 bits per heavy atom. The number of benzene rings is 2. The summed E-state index contributed by atoms with van der Waals surface area (Å²) in [5.74, 6) is -0.918. The molecule has 2 atom stereocenters. The smallest absolute Gasteiger partial charge is 0.429 e. The zero-order valence-electron chi connectivity index (χ0n) is 19.9. The first-order valence-corrected chi connectivity index (χ1v) is 11.4. The van der Waals surface area contributed by atoms with Gasteiger partial charge in [-0.1, -0.05) is 56.3 Å². The van der Waals surface area contributed by atoms with Crippen LogP contribution in [0.5, 0.6) is 11.6 Å². The number of carboxylic acids is 1. The van der Waals surface area contributed by atoms with Gasteiger partial charge in [-0.15, -0.1) is 0 Å². The molecule has 3 N–H and O–H groups in total. The SMILES string of the molecule is CC(C)CCOc1ccccc1C(Oc1cc(-c2ccc(C[C@H](N)C(=O)O)cc2)ncn1)C(F)(F)F. The molecule has 3 aromatic rings. The zero-order valence-corrected chi connectivity index (χ0v) is 19.9. The molecule has 0 spiro atoms. The van der Waals surface area contributed by atoms with E-state index in [-0.39, 0.29) is 30.2 Å². The highest BCUT2D eigenvalue weighted by atomic mass is 19.4. The van der Waals surface area contributed by atoms with Crippen molar-refractivity contribution in [2.24, 2.45) is 11.7 Å². The molecule has 1 aromatic heterocycles. The molecule has 0 bridgehead atoms. The fourth-order valence-corrected chi connectivity index (χ4v) is 3.38. The Labute approximate surface area is 207 Å². The number of aliphatic carboxylic acids is 1. The zero-order chi connectivity index (χ0) is 26.3. The number of ether oxygens (including phenoxy) is 2. The predicted octanol–water partition coefficient (Wildman–Crippen LogP) is 5.21. The fourth-order valence-electron chi connectivity index (χ4n) is 3.38. The maximum atomic E-state index is 14.1. The number of hydrogen-bond donors (Lipinski definition) is 2. The van der Waals surface area contributed by atoms with Crippen LogP contribution in [-0.2, 0) is 11.2 Å². The number of nitrogens with two attached hydrogens (primary N) is 1. The minimum absolute atomic E-state index is 0.102. The number of para-hydroxylation sites is 1. The van der Waals surface area contributed by atoms with Crippen molar-refractivity contribution in [3.05, 3.63) is 72.1 Å². The monoisotopic (exact) mass is 503 g/mol. The van der Waals surface area contributed by atoms with Gasteiger partial charge >= 0.3 is 12.1 Å². The van der Waals surface area contributed by atoms with E-state index in [0.29, 0.717) is 29.2 Å². The van der Waals surface area contributed by atoms with Gasteiger partial charge in [0.25, 0.3) is 0 Å². The van der Waals surface area contributed by atoms with Crippen molar-refractivity contribution >= 4 is 5.97 Å². The summed E-state index contributed by atoms with van der Waals surface area (Å²) in [6, 6.07) is 12.9. The number of alkyl halides is 3. The fraction of sp³-hybridized carbons (Fsp3) is 0.346.